The number of ether oxygens (including phenoxy) is 1. The van der Waals surface area contributed by atoms with Crippen molar-refractivity contribution in [3.05, 3.63) is 11.1 Å². The van der Waals surface area contributed by atoms with Gasteiger partial charge in [0.05, 0.1) is 18.4 Å². The van der Waals surface area contributed by atoms with Crippen LogP contribution in [0, 0.1) is 11.8 Å². The van der Waals surface area contributed by atoms with E-state index in [0.29, 0.717) is 0 Å². The van der Waals surface area contributed by atoms with E-state index in [0.717, 1.165) is 16.2 Å². The van der Waals surface area contributed by atoms with E-state index in [1.54, 1.807) is 0 Å². The monoisotopic (exact) mass is 501 g/mol. The number of amides is 2. The molecule has 178 valence electrons. The van der Waals surface area contributed by atoms with E-state index in [4.69, 9.17) is 20.4 Å². The Kier molecular flexibility index (Phi) is 5.83. The van der Waals surface area contributed by atoms with E-state index in [9.17, 15) is 28.5 Å². The van der Waals surface area contributed by atoms with E-state index in [-0.39, 0.29) is 35.5 Å². The molecule has 0 saturated carbocycles. The number of carbonyl (C=O) groups excluding carboxylic acids is 3. The number of nitrogen functional groups attached to an aromatic ring is 1. The molecule has 6 atom stereocenters. The van der Waals surface area contributed by atoms with Crippen LogP contribution in [-0.4, -0.2) is 89.9 Å². The number of thiazole rings is 1. The van der Waals surface area contributed by atoms with Gasteiger partial charge in [0, 0.05) is 21.9 Å². The summed E-state index contributed by atoms with van der Waals surface area (Å²) >= 11 is 1.02. The molecule has 4 heterocycles. The number of nitrogens with zero attached hydrogens (tertiary/aromatic N) is 3. The third-order valence-corrected chi connectivity index (χ3v) is 8.04. The number of oxime groups is 1. The van der Waals surface area contributed by atoms with Crippen LogP contribution in [-0.2, 0) is 39.6 Å². The maximum absolute atomic E-state index is 13.0. The van der Waals surface area contributed by atoms with Crippen molar-refractivity contribution in [2.75, 3.05) is 24.7 Å². The number of hydrogen-bond donors (Lipinski definition) is 4. The molecule has 3 saturated heterocycles. The SMILES string of the molecule is CC1C(=O)OC2(C(=O)O)C1CS(=O)C1C(NC(=O)/C(=N\OCCO)c3csc(N)n3)C(=O)N12. The number of carbonyl (C=O) groups is 4. The molecule has 0 radical (unpaired) electrons. The van der Waals surface area contributed by atoms with Gasteiger partial charge >= 0.3 is 11.9 Å². The van der Waals surface area contributed by atoms with Gasteiger partial charge in [-0.1, -0.05) is 12.1 Å². The molecular weight excluding hydrogens is 482 g/mol. The van der Waals surface area contributed by atoms with Crippen molar-refractivity contribution in [3.63, 3.8) is 0 Å². The standard InChI is InChI=1S/C17H19N5O9S2/c1-6-7-5-33(29)13-10(12(25)22(13)17(7,15(27)28)31-14(6)26)20-11(24)9(21-30-3-2-23)8-4-32-16(18)19-8/h4,6-7,10,13,23H,2-3,5H2,1H3,(H2,18,19)(H,20,24)(H,27,28)/b21-9-. The fourth-order valence-electron chi connectivity index (χ4n) is 4.07. The van der Waals surface area contributed by atoms with E-state index in [1.807, 2.05) is 0 Å². The van der Waals surface area contributed by atoms with Gasteiger partial charge in [0.1, 0.15) is 23.7 Å². The second-order valence-corrected chi connectivity index (χ2v) is 9.95. The first-order valence-electron chi connectivity index (χ1n) is 9.63. The van der Waals surface area contributed by atoms with Crippen LogP contribution in [0.1, 0.15) is 12.6 Å². The lowest BCUT2D eigenvalue weighted by Crippen LogP contribution is -2.83. The van der Waals surface area contributed by atoms with Gasteiger partial charge in [-0.05, 0) is 0 Å². The Bertz CT molecular complexity index is 1090. The summed E-state index contributed by atoms with van der Waals surface area (Å²) < 4.78 is 18.1. The lowest BCUT2D eigenvalue weighted by atomic mass is 9.84. The maximum Gasteiger partial charge on any atom is 0.370 e. The molecule has 14 nitrogen and oxygen atoms in total. The van der Waals surface area contributed by atoms with Crippen LogP contribution in [0.3, 0.4) is 0 Å². The van der Waals surface area contributed by atoms with Crippen LogP contribution in [0.25, 0.3) is 0 Å². The molecule has 0 aliphatic carbocycles. The molecule has 4 rings (SSSR count). The molecule has 3 aliphatic heterocycles. The lowest BCUT2D eigenvalue weighted by Gasteiger charge is -2.56. The van der Waals surface area contributed by atoms with Crippen molar-refractivity contribution in [2.24, 2.45) is 17.0 Å². The number of anilines is 1. The quantitative estimate of drug-likeness (QED) is 0.100. The van der Waals surface area contributed by atoms with Crippen LogP contribution < -0.4 is 11.1 Å². The van der Waals surface area contributed by atoms with Gasteiger partial charge in [-0.3, -0.25) is 23.5 Å². The smallest absolute Gasteiger partial charge is 0.370 e. The van der Waals surface area contributed by atoms with Gasteiger partial charge in [0.15, 0.2) is 10.8 Å². The molecule has 2 amide bonds. The van der Waals surface area contributed by atoms with Crippen molar-refractivity contribution >= 4 is 56.7 Å². The van der Waals surface area contributed by atoms with Crippen LogP contribution in [0.15, 0.2) is 10.5 Å². The number of nitrogens with two attached hydrogens (primary N) is 1. The van der Waals surface area contributed by atoms with Gasteiger partial charge in [-0.25, -0.2) is 9.78 Å². The number of aliphatic hydroxyl groups excluding tert-OH is 1. The number of carboxylic acids is 1. The van der Waals surface area contributed by atoms with E-state index in [2.05, 4.69) is 15.5 Å². The number of esters is 1. The maximum atomic E-state index is 13.0. The summed E-state index contributed by atoms with van der Waals surface area (Å²) in [5.41, 5.74) is 3.01. The number of aliphatic hydroxyl groups is 1. The van der Waals surface area contributed by atoms with E-state index < -0.39 is 63.5 Å². The van der Waals surface area contributed by atoms with Gasteiger partial charge in [0.2, 0.25) is 0 Å². The van der Waals surface area contributed by atoms with Crippen LogP contribution in [0.4, 0.5) is 5.13 Å². The topological polar surface area (TPSA) is 211 Å². The average molecular weight is 501 g/mol. The van der Waals surface area contributed by atoms with Crippen LogP contribution in [0.2, 0.25) is 0 Å². The van der Waals surface area contributed by atoms with Gasteiger partial charge in [-0.15, -0.1) is 11.3 Å². The molecule has 0 bridgehead atoms. The van der Waals surface area contributed by atoms with Crippen molar-refractivity contribution in [1.29, 1.82) is 0 Å². The molecule has 16 heteroatoms. The number of aliphatic carboxylic acids is 1. The Morgan fingerprint density at radius 3 is 2.85 bits per heavy atom. The van der Waals surface area contributed by atoms with Gasteiger partial charge in [-0.2, -0.15) is 0 Å². The number of aromatic nitrogens is 1. The predicted molar refractivity (Wildman–Crippen MR) is 111 cm³/mol. The zero-order valence-corrected chi connectivity index (χ0v) is 18.6. The fraction of sp³-hybridized carbons (Fsp3) is 0.529. The lowest BCUT2D eigenvalue weighted by molar-refractivity contribution is -0.216. The van der Waals surface area contributed by atoms with Gasteiger partial charge < -0.3 is 30.8 Å². The number of nitrogens with one attached hydrogen (secondary N) is 1. The first-order valence-corrected chi connectivity index (χ1v) is 11.9. The summed E-state index contributed by atoms with van der Waals surface area (Å²) in [6.07, 6.45) is 0. The molecule has 0 aromatic carbocycles. The average Bonchev–Trinajstić information content (AvgIpc) is 3.30. The number of fused-ring (bicyclic) bond motifs is 3. The Hall–Kier alpha value is -3.11. The highest BCUT2D eigenvalue weighted by Gasteiger charge is 2.74. The molecule has 0 spiro atoms. The molecule has 1 aromatic heterocycles. The first kappa shape index (κ1) is 23.1. The zero-order chi connectivity index (χ0) is 24.1. The summed E-state index contributed by atoms with van der Waals surface area (Å²) in [6, 6.07) is -1.36. The van der Waals surface area contributed by atoms with Crippen molar-refractivity contribution in [3.8, 4) is 0 Å². The molecule has 33 heavy (non-hydrogen) atoms. The van der Waals surface area contributed by atoms with E-state index in [1.165, 1.54) is 12.3 Å². The van der Waals surface area contributed by atoms with Crippen molar-refractivity contribution in [1.82, 2.24) is 15.2 Å². The Balaban J connectivity index is 1.60. The van der Waals surface area contributed by atoms with Crippen LogP contribution in [0.5, 0.6) is 0 Å². The summed E-state index contributed by atoms with van der Waals surface area (Å²) in [5, 5.41) is 25.1. The minimum atomic E-state index is -2.28. The molecule has 1 aromatic rings. The van der Waals surface area contributed by atoms with Crippen LogP contribution >= 0.6 is 11.3 Å². The second kappa shape index (κ2) is 8.35. The number of rotatable bonds is 7. The molecule has 3 fully saturated rings. The summed E-state index contributed by atoms with van der Waals surface area (Å²) in [6.45, 7) is 0.864. The third-order valence-electron chi connectivity index (χ3n) is 5.66. The Morgan fingerprint density at radius 1 is 1.52 bits per heavy atom. The largest absolute Gasteiger partial charge is 0.477 e. The fourth-order valence-corrected chi connectivity index (χ4v) is 6.67. The van der Waals surface area contributed by atoms with Crippen molar-refractivity contribution in [2.45, 2.75) is 24.1 Å². The highest BCUT2D eigenvalue weighted by molar-refractivity contribution is 7.85. The minimum absolute atomic E-state index is 0.0435. The van der Waals surface area contributed by atoms with E-state index >= 15 is 0 Å². The summed E-state index contributed by atoms with van der Waals surface area (Å²) in [4.78, 5) is 59.7. The highest BCUT2D eigenvalue weighted by Crippen LogP contribution is 2.49. The number of carboxylic acid groups (broad SMARTS) is 1. The number of β-lactam (4-membered cyclic amide) rings is 1. The highest BCUT2D eigenvalue weighted by atomic mass is 32.2. The number of hydrogen-bond acceptors (Lipinski definition) is 12. The summed E-state index contributed by atoms with van der Waals surface area (Å²) in [5.74, 6) is -6.23. The first-order chi connectivity index (χ1) is 15.6. The zero-order valence-electron chi connectivity index (χ0n) is 17.0. The Morgan fingerprint density at radius 2 is 2.24 bits per heavy atom. The predicted octanol–water partition coefficient (Wildman–Crippen LogP) is -2.56. The molecular formula is C17H19N5O9S2. The second-order valence-electron chi connectivity index (χ2n) is 7.48. The minimum Gasteiger partial charge on any atom is -0.477 e. The Labute approximate surface area is 192 Å². The van der Waals surface area contributed by atoms with Gasteiger partial charge in [0.25, 0.3) is 17.5 Å². The molecule has 5 N–H and O–H groups in total. The summed E-state index contributed by atoms with van der Waals surface area (Å²) in [7, 11) is -1.79. The van der Waals surface area contributed by atoms with Crippen molar-refractivity contribution < 1.29 is 43.2 Å². The molecule has 3 aliphatic rings. The third kappa shape index (κ3) is 3.44. The normalized spacial score (nSPS) is 33.0. The molecule has 6 unspecified atom stereocenters.